The van der Waals surface area contributed by atoms with E-state index in [1.54, 1.807) is 19.1 Å². The Balaban J connectivity index is 1.58. The van der Waals surface area contributed by atoms with Gasteiger partial charge >= 0.3 is 6.01 Å². The van der Waals surface area contributed by atoms with Crippen LogP contribution in [0.2, 0.25) is 0 Å². The molecule has 30 heavy (non-hydrogen) atoms. The van der Waals surface area contributed by atoms with Crippen molar-refractivity contribution in [2.24, 2.45) is 0 Å². The second-order valence-corrected chi connectivity index (χ2v) is 6.78. The number of hydrogen-bond acceptors (Lipinski definition) is 8. The summed E-state index contributed by atoms with van der Waals surface area (Å²) >= 11 is 0. The second-order valence-electron chi connectivity index (χ2n) is 6.78. The standard InChI is InChI=1S/C19H23FN8O2/c1-12-21-18(25-19(22-12)30-8-7-28(2)3)24-16-10-15(26-27-16)11-17(29)23-14-6-4-5-13(20)9-14/h4-6,9-10H,7-8,11H2,1-3H3,(H,23,29)(H2,21,22,24,25,26,27). The van der Waals surface area contributed by atoms with Crippen molar-refractivity contribution < 1.29 is 13.9 Å². The molecule has 3 N–H and O–H groups in total. The summed E-state index contributed by atoms with van der Waals surface area (Å²) in [6.45, 7) is 2.91. The maximum Gasteiger partial charge on any atom is 0.321 e. The highest BCUT2D eigenvalue weighted by molar-refractivity contribution is 5.92. The molecule has 158 valence electrons. The van der Waals surface area contributed by atoms with E-state index in [1.807, 2.05) is 19.0 Å². The average molecular weight is 414 g/mol. The molecule has 10 nitrogen and oxygen atoms in total. The summed E-state index contributed by atoms with van der Waals surface area (Å²) in [5.41, 5.74) is 0.958. The number of carbonyl (C=O) groups is 1. The first-order valence-electron chi connectivity index (χ1n) is 9.24. The van der Waals surface area contributed by atoms with E-state index in [2.05, 4.69) is 35.8 Å². The molecule has 0 unspecified atom stereocenters. The number of benzene rings is 1. The number of likely N-dealkylation sites (N-methyl/N-ethyl adjacent to an activating group) is 1. The van der Waals surface area contributed by atoms with Gasteiger partial charge in [-0.15, -0.1) is 0 Å². The molecule has 0 fully saturated rings. The lowest BCUT2D eigenvalue weighted by Gasteiger charge is -2.10. The monoisotopic (exact) mass is 414 g/mol. The molecule has 0 saturated carbocycles. The van der Waals surface area contributed by atoms with Crippen LogP contribution in [0.3, 0.4) is 0 Å². The molecular weight excluding hydrogens is 391 g/mol. The van der Waals surface area contributed by atoms with Crippen molar-refractivity contribution in [1.82, 2.24) is 30.0 Å². The van der Waals surface area contributed by atoms with Crippen LogP contribution in [0.25, 0.3) is 0 Å². The van der Waals surface area contributed by atoms with Crippen molar-refractivity contribution in [3.63, 3.8) is 0 Å². The molecule has 0 aliphatic rings. The third kappa shape index (κ3) is 6.48. The molecule has 2 aromatic heterocycles. The van der Waals surface area contributed by atoms with Gasteiger partial charge in [0, 0.05) is 24.0 Å². The Morgan fingerprint density at radius 3 is 2.83 bits per heavy atom. The Morgan fingerprint density at radius 2 is 2.07 bits per heavy atom. The summed E-state index contributed by atoms with van der Waals surface area (Å²) in [6.07, 6.45) is 0.0420. The van der Waals surface area contributed by atoms with E-state index in [1.165, 1.54) is 18.2 Å². The number of hydrogen-bond donors (Lipinski definition) is 3. The van der Waals surface area contributed by atoms with Crippen LogP contribution in [0.15, 0.2) is 30.3 Å². The highest BCUT2D eigenvalue weighted by Gasteiger charge is 2.11. The van der Waals surface area contributed by atoms with Crippen LogP contribution >= 0.6 is 0 Å². The maximum absolute atomic E-state index is 13.2. The zero-order chi connectivity index (χ0) is 21.5. The van der Waals surface area contributed by atoms with Crippen LogP contribution < -0.4 is 15.4 Å². The van der Waals surface area contributed by atoms with Crippen molar-refractivity contribution in [3.8, 4) is 6.01 Å². The van der Waals surface area contributed by atoms with Gasteiger partial charge < -0.3 is 20.3 Å². The predicted molar refractivity (Wildman–Crippen MR) is 109 cm³/mol. The number of nitrogens with zero attached hydrogens (tertiary/aromatic N) is 5. The highest BCUT2D eigenvalue weighted by Crippen LogP contribution is 2.15. The number of rotatable bonds is 9. The topological polar surface area (TPSA) is 121 Å². The first kappa shape index (κ1) is 21.1. The number of halogens is 1. The fourth-order valence-corrected chi connectivity index (χ4v) is 2.47. The van der Waals surface area contributed by atoms with Crippen molar-refractivity contribution >= 4 is 23.4 Å². The number of ether oxygens (including phenoxy) is 1. The Kier molecular flexibility index (Phi) is 6.86. The van der Waals surface area contributed by atoms with Crippen LogP contribution in [-0.4, -0.2) is 63.2 Å². The van der Waals surface area contributed by atoms with E-state index in [9.17, 15) is 9.18 Å². The maximum atomic E-state index is 13.2. The molecule has 0 aliphatic carbocycles. The fourth-order valence-electron chi connectivity index (χ4n) is 2.47. The lowest BCUT2D eigenvalue weighted by molar-refractivity contribution is -0.115. The van der Waals surface area contributed by atoms with Crippen LogP contribution in [0.5, 0.6) is 6.01 Å². The lowest BCUT2D eigenvalue weighted by atomic mass is 10.2. The van der Waals surface area contributed by atoms with E-state index in [0.29, 0.717) is 29.6 Å². The normalized spacial score (nSPS) is 10.8. The molecule has 0 radical (unpaired) electrons. The van der Waals surface area contributed by atoms with Gasteiger partial charge in [-0.25, -0.2) is 4.39 Å². The molecule has 0 saturated heterocycles. The third-order valence-corrected chi connectivity index (χ3v) is 3.83. The van der Waals surface area contributed by atoms with Crippen LogP contribution in [0.4, 0.5) is 21.8 Å². The van der Waals surface area contributed by atoms with Gasteiger partial charge in [0.05, 0.1) is 6.42 Å². The Hall–Kier alpha value is -3.60. The molecule has 1 aromatic carbocycles. The number of aromatic amines is 1. The Labute approximate surface area is 172 Å². The number of aryl methyl sites for hydroxylation is 1. The van der Waals surface area contributed by atoms with Gasteiger partial charge in [-0.3, -0.25) is 9.89 Å². The molecule has 3 rings (SSSR count). The smallest absolute Gasteiger partial charge is 0.321 e. The van der Waals surface area contributed by atoms with E-state index in [4.69, 9.17) is 4.74 Å². The minimum Gasteiger partial charge on any atom is -0.462 e. The second kappa shape index (κ2) is 9.74. The number of anilines is 3. The summed E-state index contributed by atoms with van der Waals surface area (Å²) in [4.78, 5) is 26.7. The molecule has 0 aliphatic heterocycles. The zero-order valence-electron chi connectivity index (χ0n) is 16.9. The van der Waals surface area contributed by atoms with Gasteiger partial charge in [-0.05, 0) is 39.2 Å². The molecule has 11 heteroatoms. The minimum absolute atomic E-state index is 0.0420. The van der Waals surface area contributed by atoms with Crippen molar-refractivity contribution in [3.05, 3.63) is 47.7 Å². The van der Waals surface area contributed by atoms with Crippen LogP contribution in [0, 0.1) is 12.7 Å². The predicted octanol–water partition coefficient (Wildman–Crippen LogP) is 1.91. The minimum atomic E-state index is -0.418. The number of H-pyrrole nitrogens is 1. The molecule has 0 atom stereocenters. The number of amides is 1. The van der Waals surface area contributed by atoms with E-state index >= 15 is 0 Å². The molecule has 1 amide bonds. The highest BCUT2D eigenvalue weighted by atomic mass is 19.1. The summed E-state index contributed by atoms with van der Waals surface area (Å²) < 4.78 is 18.8. The summed E-state index contributed by atoms with van der Waals surface area (Å²) in [5.74, 6) is 0.498. The summed E-state index contributed by atoms with van der Waals surface area (Å²) in [5, 5.41) is 12.5. The molecule has 2 heterocycles. The van der Waals surface area contributed by atoms with Crippen molar-refractivity contribution in [1.29, 1.82) is 0 Å². The van der Waals surface area contributed by atoms with Gasteiger partial charge in [0.2, 0.25) is 11.9 Å². The van der Waals surface area contributed by atoms with Gasteiger partial charge in [0.15, 0.2) is 5.82 Å². The molecular formula is C19H23FN8O2. The van der Waals surface area contributed by atoms with Crippen LogP contribution in [0.1, 0.15) is 11.5 Å². The number of carbonyl (C=O) groups excluding carboxylic acids is 1. The van der Waals surface area contributed by atoms with Crippen LogP contribution in [-0.2, 0) is 11.2 Å². The Morgan fingerprint density at radius 1 is 1.23 bits per heavy atom. The average Bonchev–Trinajstić information content (AvgIpc) is 3.07. The summed E-state index contributed by atoms with van der Waals surface area (Å²) in [6, 6.07) is 7.58. The third-order valence-electron chi connectivity index (χ3n) is 3.83. The zero-order valence-corrected chi connectivity index (χ0v) is 16.9. The van der Waals surface area contributed by atoms with E-state index in [0.717, 1.165) is 6.54 Å². The SMILES string of the molecule is Cc1nc(Nc2cc(CC(=O)Nc3cccc(F)c3)[nH]n2)nc(OCCN(C)C)n1. The number of nitrogens with one attached hydrogen (secondary N) is 3. The quantitative estimate of drug-likeness (QED) is 0.486. The fraction of sp³-hybridized carbons (Fsp3) is 0.316. The van der Waals surface area contributed by atoms with Crippen molar-refractivity contribution in [2.75, 3.05) is 37.9 Å². The number of aromatic nitrogens is 5. The van der Waals surface area contributed by atoms with E-state index in [-0.39, 0.29) is 24.3 Å². The van der Waals surface area contributed by atoms with Gasteiger partial charge in [0.25, 0.3) is 0 Å². The first-order chi connectivity index (χ1) is 14.4. The van der Waals surface area contributed by atoms with Gasteiger partial charge in [-0.1, -0.05) is 6.07 Å². The van der Waals surface area contributed by atoms with Gasteiger partial charge in [-0.2, -0.15) is 20.1 Å². The van der Waals surface area contributed by atoms with E-state index < -0.39 is 5.82 Å². The van der Waals surface area contributed by atoms with Crippen molar-refractivity contribution in [2.45, 2.75) is 13.3 Å². The molecule has 0 spiro atoms. The van der Waals surface area contributed by atoms with Gasteiger partial charge in [0.1, 0.15) is 18.2 Å². The Bertz CT molecular complexity index is 1010. The lowest BCUT2D eigenvalue weighted by Crippen LogP contribution is -2.20. The first-order valence-corrected chi connectivity index (χ1v) is 9.24. The summed E-state index contributed by atoms with van der Waals surface area (Å²) in [7, 11) is 3.89. The molecule has 3 aromatic rings. The largest absolute Gasteiger partial charge is 0.462 e. The molecule has 0 bridgehead atoms.